The molecule has 28 heavy (non-hydrogen) atoms. The summed E-state index contributed by atoms with van der Waals surface area (Å²) in [4.78, 5) is 12.8. The zero-order valence-electron chi connectivity index (χ0n) is 16.4. The molecule has 0 aromatic heterocycles. The molecule has 0 radical (unpaired) electrons. The monoisotopic (exact) mass is 408 g/mol. The molecule has 2 rings (SSSR count). The second-order valence-corrected chi connectivity index (χ2v) is 7.85. The molecule has 152 valence electrons. The summed E-state index contributed by atoms with van der Waals surface area (Å²) in [6.07, 6.45) is 1.05. The standard InChI is InChI=1S/C19H24N2O6S/c1-13(19(22)20-17-10-9-16(26-3)12-18(17)27-4)21(28(5,23)24)14-7-6-8-15(11-14)25-2/h6-13H,1-5H3,(H,20,22)/t13-/m0/s1. The fraction of sp³-hybridized carbons (Fsp3) is 0.316. The highest BCUT2D eigenvalue weighted by Gasteiger charge is 2.30. The molecular weight excluding hydrogens is 384 g/mol. The van der Waals surface area contributed by atoms with E-state index in [1.165, 1.54) is 28.3 Å². The Balaban J connectivity index is 2.34. The summed E-state index contributed by atoms with van der Waals surface area (Å²) in [6, 6.07) is 10.4. The Morgan fingerprint density at radius 3 is 2.21 bits per heavy atom. The van der Waals surface area contributed by atoms with Crippen molar-refractivity contribution >= 4 is 27.3 Å². The molecule has 0 saturated carbocycles. The highest BCUT2D eigenvalue weighted by atomic mass is 32.2. The summed E-state index contributed by atoms with van der Waals surface area (Å²) in [5, 5.41) is 2.71. The van der Waals surface area contributed by atoms with E-state index in [0.717, 1.165) is 10.6 Å². The second kappa shape index (κ2) is 8.83. The van der Waals surface area contributed by atoms with E-state index >= 15 is 0 Å². The van der Waals surface area contributed by atoms with Crippen LogP contribution in [0.3, 0.4) is 0 Å². The Hall–Kier alpha value is -2.94. The van der Waals surface area contributed by atoms with Crippen LogP contribution >= 0.6 is 0 Å². The van der Waals surface area contributed by atoms with Crippen LogP contribution in [0.25, 0.3) is 0 Å². The van der Waals surface area contributed by atoms with E-state index in [0.29, 0.717) is 28.6 Å². The van der Waals surface area contributed by atoms with E-state index in [1.54, 1.807) is 42.5 Å². The lowest BCUT2D eigenvalue weighted by Gasteiger charge is -2.28. The molecule has 1 amide bonds. The van der Waals surface area contributed by atoms with Gasteiger partial charge in [0, 0.05) is 12.1 Å². The van der Waals surface area contributed by atoms with Gasteiger partial charge in [0.05, 0.1) is 39.0 Å². The van der Waals surface area contributed by atoms with Crippen molar-refractivity contribution in [2.75, 3.05) is 37.2 Å². The van der Waals surface area contributed by atoms with Crippen molar-refractivity contribution in [1.82, 2.24) is 0 Å². The maximum absolute atomic E-state index is 12.8. The normalized spacial score (nSPS) is 12.0. The summed E-state index contributed by atoms with van der Waals surface area (Å²) in [7, 11) is 0.728. The van der Waals surface area contributed by atoms with Gasteiger partial charge >= 0.3 is 0 Å². The molecule has 0 saturated heterocycles. The van der Waals surface area contributed by atoms with Crippen LogP contribution in [-0.4, -0.2) is 48.0 Å². The number of amides is 1. The third-order valence-electron chi connectivity index (χ3n) is 4.06. The molecule has 0 aliphatic heterocycles. The number of methoxy groups -OCH3 is 3. The van der Waals surface area contributed by atoms with Gasteiger partial charge in [-0.15, -0.1) is 0 Å². The molecule has 0 spiro atoms. The van der Waals surface area contributed by atoms with Gasteiger partial charge in [-0.3, -0.25) is 9.10 Å². The van der Waals surface area contributed by atoms with Crippen LogP contribution in [-0.2, 0) is 14.8 Å². The Morgan fingerprint density at radius 2 is 1.64 bits per heavy atom. The van der Waals surface area contributed by atoms with Crippen molar-refractivity contribution in [3.05, 3.63) is 42.5 Å². The number of ether oxygens (including phenoxy) is 3. The fourth-order valence-electron chi connectivity index (χ4n) is 2.70. The first-order valence-electron chi connectivity index (χ1n) is 8.37. The second-order valence-electron chi connectivity index (χ2n) is 5.99. The van der Waals surface area contributed by atoms with Gasteiger partial charge in [0.15, 0.2) is 0 Å². The molecule has 9 heteroatoms. The van der Waals surface area contributed by atoms with Crippen LogP contribution in [0, 0.1) is 0 Å². The summed E-state index contributed by atoms with van der Waals surface area (Å²) >= 11 is 0. The highest BCUT2D eigenvalue weighted by molar-refractivity contribution is 7.92. The number of carbonyl (C=O) groups excluding carboxylic acids is 1. The number of rotatable bonds is 8. The first-order valence-corrected chi connectivity index (χ1v) is 10.2. The molecule has 1 N–H and O–H groups in total. The maximum Gasteiger partial charge on any atom is 0.248 e. The van der Waals surface area contributed by atoms with E-state index in [2.05, 4.69) is 5.32 Å². The van der Waals surface area contributed by atoms with Crippen molar-refractivity contribution < 1.29 is 27.4 Å². The zero-order valence-corrected chi connectivity index (χ0v) is 17.2. The number of anilines is 2. The number of nitrogens with zero attached hydrogens (tertiary/aromatic N) is 1. The van der Waals surface area contributed by atoms with Crippen LogP contribution in [0.4, 0.5) is 11.4 Å². The Bertz CT molecular complexity index is 945. The van der Waals surface area contributed by atoms with Gasteiger partial charge in [-0.05, 0) is 31.2 Å². The predicted molar refractivity (Wildman–Crippen MR) is 108 cm³/mol. The molecule has 0 bridgehead atoms. The quantitative estimate of drug-likeness (QED) is 0.721. The van der Waals surface area contributed by atoms with Crippen molar-refractivity contribution in [2.24, 2.45) is 0 Å². The van der Waals surface area contributed by atoms with Crippen LogP contribution < -0.4 is 23.8 Å². The third kappa shape index (κ3) is 4.86. The van der Waals surface area contributed by atoms with E-state index in [4.69, 9.17) is 14.2 Å². The summed E-state index contributed by atoms with van der Waals surface area (Å²) in [6.45, 7) is 1.51. The van der Waals surface area contributed by atoms with Gasteiger partial charge in [0.1, 0.15) is 23.3 Å². The van der Waals surface area contributed by atoms with Crippen molar-refractivity contribution in [3.63, 3.8) is 0 Å². The third-order valence-corrected chi connectivity index (χ3v) is 5.30. The van der Waals surface area contributed by atoms with E-state index in [9.17, 15) is 13.2 Å². The van der Waals surface area contributed by atoms with Gasteiger partial charge in [-0.2, -0.15) is 0 Å². The average Bonchev–Trinajstić information content (AvgIpc) is 2.67. The molecule has 0 heterocycles. The number of nitrogens with one attached hydrogen (secondary N) is 1. The van der Waals surface area contributed by atoms with Gasteiger partial charge in [-0.1, -0.05) is 6.07 Å². The van der Waals surface area contributed by atoms with E-state index in [1.807, 2.05) is 0 Å². The Morgan fingerprint density at radius 1 is 1.00 bits per heavy atom. The lowest BCUT2D eigenvalue weighted by molar-refractivity contribution is -0.116. The predicted octanol–water partition coefficient (Wildman–Crippen LogP) is 2.51. The molecule has 0 unspecified atom stereocenters. The Labute approximate surface area is 165 Å². The van der Waals surface area contributed by atoms with Crippen LogP contribution in [0.5, 0.6) is 17.2 Å². The van der Waals surface area contributed by atoms with Crippen LogP contribution in [0.1, 0.15) is 6.92 Å². The minimum atomic E-state index is -3.74. The lowest BCUT2D eigenvalue weighted by Crippen LogP contribution is -2.45. The van der Waals surface area contributed by atoms with E-state index in [-0.39, 0.29) is 0 Å². The Kier molecular flexibility index (Phi) is 6.74. The zero-order chi connectivity index (χ0) is 20.9. The highest BCUT2D eigenvalue weighted by Crippen LogP contribution is 2.30. The number of hydrogen-bond acceptors (Lipinski definition) is 6. The molecule has 2 aromatic rings. The molecule has 8 nitrogen and oxygen atoms in total. The summed E-state index contributed by atoms with van der Waals surface area (Å²) in [5.74, 6) is 0.927. The van der Waals surface area contributed by atoms with E-state index < -0.39 is 22.0 Å². The topological polar surface area (TPSA) is 94.2 Å². The lowest BCUT2D eigenvalue weighted by atomic mass is 10.2. The number of sulfonamides is 1. The summed E-state index contributed by atoms with van der Waals surface area (Å²) < 4.78 is 41.4. The molecule has 0 fully saturated rings. The minimum Gasteiger partial charge on any atom is -0.497 e. The first-order chi connectivity index (χ1) is 13.2. The molecule has 0 aliphatic rings. The average molecular weight is 408 g/mol. The fourth-order valence-corrected chi connectivity index (χ4v) is 3.86. The van der Waals surface area contributed by atoms with Crippen LogP contribution in [0.2, 0.25) is 0 Å². The van der Waals surface area contributed by atoms with Crippen LogP contribution in [0.15, 0.2) is 42.5 Å². The SMILES string of the molecule is COc1cccc(N([C@@H](C)C(=O)Nc2ccc(OC)cc2OC)S(C)(=O)=O)c1. The van der Waals surface area contributed by atoms with Gasteiger partial charge in [0.25, 0.3) is 0 Å². The number of benzene rings is 2. The molecular formula is C19H24N2O6S. The first kappa shape index (κ1) is 21.4. The maximum atomic E-state index is 12.8. The molecule has 0 aliphatic carbocycles. The molecule has 1 atom stereocenters. The van der Waals surface area contributed by atoms with Crippen molar-refractivity contribution in [1.29, 1.82) is 0 Å². The summed E-state index contributed by atoms with van der Waals surface area (Å²) in [5.41, 5.74) is 0.727. The van der Waals surface area contributed by atoms with Crippen molar-refractivity contribution in [3.8, 4) is 17.2 Å². The number of carbonyl (C=O) groups is 1. The van der Waals surface area contributed by atoms with Gasteiger partial charge < -0.3 is 19.5 Å². The minimum absolute atomic E-state index is 0.325. The van der Waals surface area contributed by atoms with Gasteiger partial charge in [0.2, 0.25) is 15.9 Å². The molecule has 2 aromatic carbocycles. The number of hydrogen-bond donors (Lipinski definition) is 1. The smallest absolute Gasteiger partial charge is 0.248 e. The van der Waals surface area contributed by atoms with Crippen molar-refractivity contribution in [2.45, 2.75) is 13.0 Å². The largest absolute Gasteiger partial charge is 0.497 e. The van der Waals surface area contributed by atoms with Gasteiger partial charge in [-0.25, -0.2) is 8.42 Å².